The van der Waals surface area contributed by atoms with Crippen LogP contribution >= 0.6 is 12.2 Å². The van der Waals surface area contributed by atoms with E-state index >= 15 is 0 Å². The number of nitrogens with zero attached hydrogens (tertiary/aromatic N) is 3. The van der Waals surface area contributed by atoms with E-state index in [4.69, 9.17) is 16.6 Å². The Hall–Kier alpha value is -3.26. The molecule has 3 aromatic rings. The molecule has 30 heavy (non-hydrogen) atoms. The number of nitro groups is 1. The maximum atomic E-state index is 10.9. The zero-order valence-corrected chi connectivity index (χ0v) is 17.5. The molecule has 4 rings (SSSR count). The normalized spacial score (nSPS) is 18.6. The third-order valence-electron chi connectivity index (χ3n) is 5.04. The number of furan rings is 1. The lowest BCUT2D eigenvalue weighted by Crippen LogP contribution is -2.32. The first-order valence-electron chi connectivity index (χ1n) is 9.76. The summed E-state index contributed by atoms with van der Waals surface area (Å²) in [5, 5.41) is 15.0. The van der Waals surface area contributed by atoms with Gasteiger partial charge in [-0.1, -0.05) is 19.9 Å². The number of rotatable bonds is 6. The number of hydrogen-bond acceptors (Lipinski definition) is 5. The van der Waals surface area contributed by atoms with Crippen molar-refractivity contribution in [1.29, 1.82) is 0 Å². The molecule has 0 spiro atoms. The minimum absolute atomic E-state index is 0.0502. The second-order valence-corrected chi connectivity index (χ2v) is 8.07. The number of benzene rings is 1. The zero-order valence-electron chi connectivity index (χ0n) is 16.7. The van der Waals surface area contributed by atoms with Crippen LogP contribution in [0.2, 0.25) is 0 Å². The third kappa shape index (κ3) is 3.91. The maximum absolute atomic E-state index is 10.9. The number of aromatic nitrogens is 1. The highest BCUT2D eigenvalue weighted by molar-refractivity contribution is 7.80. The van der Waals surface area contributed by atoms with Gasteiger partial charge in [0.05, 0.1) is 16.7 Å². The Morgan fingerprint density at radius 1 is 1.20 bits per heavy atom. The van der Waals surface area contributed by atoms with Crippen LogP contribution in [0.5, 0.6) is 0 Å². The summed E-state index contributed by atoms with van der Waals surface area (Å²) < 4.78 is 6.23. The minimum Gasteiger partial charge on any atom is -0.459 e. The molecule has 2 aromatic heterocycles. The highest BCUT2D eigenvalue weighted by Crippen LogP contribution is 2.40. The topological polar surface area (TPSA) is 84.4 Å². The Bertz CT molecular complexity index is 1050. The lowest BCUT2D eigenvalue weighted by Gasteiger charge is -2.27. The summed E-state index contributed by atoms with van der Waals surface area (Å²) in [4.78, 5) is 17.2. The molecule has 8 heteroatoms. The fourth-order valence-corrected chi connectivity index (χ4v) is 4.03. The van der Waals surface area contributed by atoms with Crippen molar-refractivity contribution in [2.75, 3.05) is 6.54 Å². The first-order chi connectivity index (χ1) is 14.4. The van der Waals surface area contributed by atoms with E-state index in [1.165, 1.54) is 12.1 Å². The largest absolute Gasteiger partial charge is 0.459 e. The average molecular weight is 423 g/mol. The molecule has 1 aromatic carbocycles. The molecule has 0 aliphatic carbocycles. The Morgan fingerprint density at radius 2 is 1.97 bits per heavy atom. The summed E-state index contributed by atoms with van der Waals surface area (Å²) in [5.41, 5.74) is 1.73. The van der Waals surface area contributed by atoms with Crippen molar-refractivity contribution in [2.45, 2.75) is 25.9 Å². The number of thiocarbonyl (C=S) groups is 1. The summed E-state index contributed by atoms with van der Waals surface area (Å²) in [6.45, 7) is 5.09. The smallest absolute Gasteiger partial charge is 0.269 e. The molecule has 0 bridgehead atoms. The fourth-order valence-electron chi connectivity index (χ4n) is 3.72. The van der Waals surface area contributed by atoms with E-state index in [-0.39, 0.29) is 17.8 Å². The highest BCUT2D eigenvalue weighted by atomic mass is 32.1. The predicted octanol–water partition coefficient (Wildman–Crippen LogP) is 4.88. The van der Waals surface area contributed by atoms with Crippen molar-refractivity contribution in [3.05, 3.63) is 82.4 Å². The van der Waals surface area contributed by atoms with E-state index in [0.717, 1.165) is 23.6 Å². The second-order valence-electron chi connectivity index (χ2n) is 7.68. The predicted molar refractivity (Wildman–Crippen MR) is 118 cm³/mol. The number of nitro benzene ring substituents is 1. The Balaban J connectivity index is 1.69. The first-order valence-corrected chi connectivity index (χ1v) is 10.2. The molecular weight excluding hydrogens is 400 g/mol. The van der Waals surface area contributed by atoms with Gasteiger partial charge in [-0.05, 0) is 54.5 Å². The van der Waals surface area contributed by atoms with E-state index in [0.29, 0.717) is 16.8 Å². The lowest BCUT2D eigenvalue weighted by atomic mass is 10.0. The summed E-state index contributed by atoms with van der Waals surface area (Å²) in [6, 6.07) is 15.7. The molecule has 1 N–H and O–H groups in total. The summed E-state index contributed by atoms with van der Waals surface area (Å²) in [6.07, 6.45) is 1.77. The molecular formula is C22H22N4O3S. The molecule has 1 fully saturated rings. The van der Waals surface area contributed by atoms with E-state index in [9.17, 15) is 10.1 Å². The van der Waals surface area contributed by atoms with E-state index in [2.05, 4.69) is 29.0 Å². The van der Waals surface area contributed by atoms with Gasteiger partial charge in [0.2, 0.25) is 0 Å². The van der Waals surface area contributed by atoms with Crippen LogP contribution < -0.4 is 5.32 Å². The molecule has 154 valence electrons. The number of non-ortho nitro benzene ring substituents is 1. The van der Waals surface area contributed by atoms with Crippen molar-refractivity contribution >= 4 is 23.0 Å². The highest BCUT2D eigenvalue weighted by Gasteiger charge is 2.41. The zero-order chi connectivity index (χ0) is 21.3. The van der Waals surface area contributed by atoms with Crippen LogP contribution in [-0.4, -0.2) is 26.5 Å². The van der Waals surface area contributed by atoms with Gasteiger partial charge in [-0.25, -0.2) is 0 Å². The van der Waals surface area contributed by atoms with Crippen molar-refractivity contribution in [1.82, 2.24) is 15.2 Å². The second kappa shape index (κ2) is 8.23. The number of hydrogen-bond donors (Lipinski definition) is 1. The Labute approximate surface area is 179 Å². The third-order valence-corrected chi connectivity index (χ3v) is 5.39. The maximum Gasteiger partial charge on any atom is 0.269 e. The lowest BCUT2D eigenvalue weighted by molar-refractivity contribution is -0.384. The molecule has 0 unspecified atom stereocenters. The summed E-state index contributed by atoms with van der Waals surface area (Å²) >= 11 is 5.63. The minimum atomic E-state index is -0.413. The Morgan fingerprint density at radius 3 is 2.60 bits per heavy atom. The molecule has 0 saturated carbocycles. The molecule has 7 nitrogen and oxygen atoms in total. The van der Waals surface area contributed by atoms with Gasteiger partial charge < -0.3 is 14.6 Å². The van der Waals surface area contributed by atoms with E-state index in [1.807, 2.05) is 30.3 Å². The molecule has 0 radical (unpaired) electrons. The summed E-state index contributed by atoms with van der Waals surface area (Å²) in [5.74, 6) is 1.84. The monoisotopic (exact) mass is 422 g/mol. The van der Waals surface area contributed by atoms with Gasteiger partial charge in [0.25, 0.3) is 5.69 Å². The van der Waals surface area contributed by atoms with Crippen LogP contribution in [0.25, 0.3) is 11.3 Å². The van der Waals surface area contributed by atoms with E-state index in [1.54, 1.807) is 18.3 Å². The molecule has 1 aliphatic heterocycles. The molecule has 2 atom stereocenters. The molecule has 1 saturated heterocycles. The molecule has 0 amide bonds. The number of nitrogens with one attached hydrogen (secondary N) is 1. The van der Waals surface area contributed by atoms with Crippen LogP contribution in [0, 0.1) is 16.0 Å². The van der Waals surface area contributed by atoms with Gasteiger partial charge >= 0.3 is 0 Å². The van der Waals surface area contributed by atoms with Gasteiger partial charge in [-0.15, -0.1) is 0 Å². The first kappa shape index (κ1) is 20.0. The van der Waals surface area contributed by atoms with Gasteiger partial charge in [-0.2, -0.15) is 0 Å². The summed E-state index contributed by atoms with van der Waals surface area (Å²) in [7, 11) is 0. The average Bonchev–Trinajstić information content (AvgIpc) is 3.33. The van der Waals surface area contributed by atoms with Gasteiger partial charge in [0.15, 0.2) is 5.11 Å². The van der Waals surface area contributed by atoms with Crippen LogP contribution in [0.3, 0.4) is 0 Å². The van der Waals surface area contributed by atoms with Gasteiger partial charge in [-0.3, -0.25) is 15.1 Å². The Kier molecular flexibility index (Phi) is 5.50. The van der Waals surface area contributed by atoms with E-state index < -0.39 is 4.92 Å². The molecule has 1 aliphatic rings. The fraction of sp³-hybridized carbons (Fsp3) is 0.273. The van der Waals surface area contributed by atoms with Crippen LogP contribution in [-0.2, 0) is 0 Å². The molecule has 3 heterocycles. The van der Waals surface area contributed by atoms with Crippen LogP contribution in [0.15, 0.2) is 65.2 Å². The van der Waals surface area contributed by atoms with Crippen LogP contribution in [0.4, 0.5) is 5.69 Å². The van der Waals surface area contributed by atoms with Crippen molar-refractivity contribution in [3.8, 4) is 11.3 Å². The van der Waals surface area contributed by atoms with Crippen LogP contribution in [0.1, 0.15) is 37.4 Å². The van der Waals surface area contributed by atoms with Gasteiger partial charge in [0.1, 0.15) is 17.6 Å². The number of pyridine rings is 1. The standard InChI is InChI=1S/C22H22N4O3S/c1-14(2)13-25-21(20(24-22(25)30)17-5-3-4-12-23-17)19-11-10-18(29-19)15-6-8-16(9-7-15)26(27)28/h3-12,14,20-21H,13H2,1-2H3,(H,24,30)/t20-,21+/m1/s1. The van der Waals surface area contributed by atoms with Crippen molar-refractivity contribution in [2.24, 2.45) is 5.92 Å². The SMILES string of the molecule is CC(C)CN1C(=S)N[C@H](c2ccccn2)[C@@H]1c1ccc(-c2ccc([N+](=O)[O-])cc2)o1. The van der Waals surface area contributed by atoms with Gasteiger partial charge in [0, 0.05) is 30.4 Å². The quantitative estimate of drug-likeness (QED) is 0.344. The van der Waals surface area contributed by atoms with Crippen molar-refractivity contribution < 1.29 is 9.34 Å². The van der Waals surface area contributed by atoms with Crippen molar-refractivity contribution in [3.63, 3.8) is 0 Å².